The molecule has 0 spiro atoms. The summed E-state index contributed by atoms with van der Waals surface area (Å²) in [5.74, 6) is -0.0115. The minimum absolute atomic E-state index is 0. The van der Waals surface area contributed by atoms with Crippen LogP contribution in [0.1, 0.15) is 18.4 Å². The fraction of sp³-hybridized carbons (Fsp3) is 0.357. The average Bonchev–Trinajstić information content (AvgIpc) is 2.39. The summed E-state index contributed by atoms with van der Waals surface area (Å²) in [7, 11) is 0. The van der Waals surface area contributed by atoms with Crippen molar-refractivity contribution in [2.24, 2.45) is 0 Å². The van der Waals surface area contributed by atoms with Crippen LogP contribution in [0.25, 0.3) is 6.08 Å². The van der Waals surface area contributed by atoms with Gasteiger partial charge in [-0.05, 0) is 31.0 Å². The summed E-state index contributed by atoms with van der Waals surface area (Å²) in [6.07, 6.45) is 5.64. The van der Waals surface area contributed by atoms with Crippen LogP contribution in [-0.4, -0.2) is 25.0 Å². The maximum absolute atomic E-state index is 11.7. The number of piperidine rings is 1. The van der Waals surface area contributed by atoms with Crippen LogP contribution < -0.4 is 10.6 Å². The molecule has 1 unspecified atom stereocenters. The number of carbonyl (C=O) groups excluding carboxylic acids is 1. The molecule has 1 aromatic carbocycles. The first-order valence-corrected chi connectivity index (χ1v) is 6.09. The van der Waals surface area contributed by atoms with E-state index in [2.05, 4.69) is 10.6 Å². The topological polar surface area (TPSA) is 41.1 Å². The lowest BCUT2D eigenvalue weighted by Gasteiger charge is -2.23. The molecule has 1 heterocycles. The van der Waals surface area contributed by atoms with Crippen LogP contribution >= 0.6 is 12.4 Å². The van der Waals surface area contributed by atoms with Crippen LogP contribution in [0.5, 0.6) is 0 Å². The van der Waals surface area contributed by atoms with Crippen molar-refractivity contribution >= 4 is 24.4 Å². The third-order valence-corrected chi connectivity index (χ3v) is 2.87. The van der Waals surface area contributed by atoms with Crippen molar-refractivity contribution in [3.63, 3.8) is 0 Å². The Labute approximate surface area is 114 Å². The molecule has 0 aromatic heterocycles. The molecule has 3 nitrogen and oxygen atoms in total. The van der Waals surface area contributed by atoms with Gasteiger partial charge in [-0.25, -0.2) is 0 Å². The van der Waals surface area contributed by atoms with Gasteiger partial charge in [0.1, 0.15) is 0 Å². The zero-order valence-electron chi connectivity index (χ0n) is 10.3. The summed E-state index contributed by atoms with van der Waals surface area (Å²) in [4.78, 5) is 11.7. The molecule has 0 saturated carbocycles. The lowest BCUT2D eigenvalue weighted by Crippen LogP contribution is -2.45. The molecule has 0 bridgehead atoms. The molecule has 4 heteroatoms. The first-order chi connectivity index (χ1) is 8.34. The Hall–Kier alpha value is -1.32. The van der Waals surface area contributed by atoms with Gasteiger partial charge in [-0.15, -0.1) is 12.4 Å². The highest BCUT2D eigenvalue weighted by Gasteiger charge is 2.13. The van der Waals surface area contributed by atoms with Gasteiger partial charge in [-0.3, -0.25) is 4.79 Å². The molecule has 1 amide bonds. The van der Waals surface area contributed by atoms with E-state index in [1.54, 1.807) is 6.08 Å². The molecule has 1 fully saturated rings. The SMILES string of the molecule is Cl.O=C(/C=C/c1ccccc1)NC1CCCNC1. The van der Waals surface area contributed by atoms with Crippen molar-refractivity contribution < 1.29 is 4.79 Å². The summed E-state index contributed by atoms with van der Waals surface area (Å²) >= 11 is 0. The molecular formula is C14H19ClN2O. The van der Waals surface area contributed by atoms with E-state index in [4.69, 9.17) is 0 Å². The molecular weight excluding hydrogens is 248 g/mol. The Morgan fingerprint density at radius 3 is 2.78 bits per heavy atom. The summed E-state index contributed by atoms with van der Waals surface area (Å²) in [5, 5.41) is 6.28. The number of benzene rings is 1. The number of carbonyl (C=O) groups is 1. The van der Waals surface area contributed by atoms with Crippen LogP contribution in [0.15, 0.2) is 36.4 Å². The van der Waals surface area contributed by atoms with Crippen molar-refractivity contribution in [3.8, 4) is 0 Å². The van der Waals surface area contributed by atoms with Crippen LogP contribution in [0.2, 0.25) is 0 Å². The van der Waals surface area contributed by atoms with Gasteiger partial charge in [-0.2, -0.15) is 0 Å². The molecule has 1 aliphatic rings. The second-order valence-corrected chi connectivity index (χ2v) is 4.30. The van der Waals surface area contributed by atoms with E-state index in [1.165, 1.54) is 0 Å². The fourth-order valence-corrected chi connectivity index (χ4v) is 1.96. The number of halogens is 1. The maximum Gasteiger partial charge on any atom is 0.244 e. The van der Waals surface area contributed by atoms with Crippen LogP contribution in [0.4, 0.5) is 0 Å². The minimum Gasteiger partial charge on any atom is -0.349 e. The molecule has 0 aliphatic carbocycles. The Kier molecular flexibility index (Phi) is 6.47. The number of hydrogen-bond acceptors (Lipinski definition) is 2. The summed E-state index contributed by atoms with van der Waals surface area (Å²) in [6.45, 7) is 1.94. The van der Waals surface area contributed by atoms with Crippen molar-refractivity contribution in [3.05, 3.63) is 42.0 Å². The van der Waals surface area contributed by atoms with E-state index in [-0.39, 0.29) is 24.4 Å². The average molecular weight is 267 g/mol. The number of hydrogen-bond donors (Lipinski definition) is 2. The van der Waals surface area contributed by atoms with Gasteiger partial charge in [0.05, 0.1) is 0 Å². The predicted octanol–water partition coefficient (Wildman–Crippen LogP) is 1.99. The smallest absolute Gasteiger partial charge is 0.244 e. The molecule has 0 radical (unpaired) electrons. The van der Waals surface area contributed by atoms with Gasteiger partial charge < -0.3 is 10.6 Å². The molecule has 1 saturated heterocycles. The standard InChI is InChI=1S/C14H18N2O.ClH/c17-14(16-13-7-4-10-15-11-13)9-8-12-5-2-1-3-6-12;/h1-3,5-6,8-9,13,15H,4,7,10-11H2,(H,16,17);1H/b9-8+;. The summed E-state index contributed by atoms with van der Waals surface area (Å²) in [5.41, 5.74) is 1.05. The van der Waals surface area contributed by atoms with E-state index in [9.17, 15) is 4.79 Å². The second-order valence-electron chi connectivity index (χ2n) is 4.30. The molecule has 1 aromatic rings. The number of amides is 1. The van der Waals surface area contributed by atoms with Crippen LogP contribution in [0.3, 0.4) is 0 Å². The normalized spacial score (nSPS) is 19.2. The fourth-order valence-electron chi connectivity index (χ4n) is 1.96. The largest absolute Gasteiger partial charge is 0.349 e. The van der Waals surface area contributed by atoms with Gasteiger partial charge in [0.2, 0.25) is 5.91 Å². The highest BCUT2D eigenvalue weighted by molar-refractivity contribution is 5.91. The van der Waals surface area contributed by atoms with Crippen molar-refractivity contribution in [2.45, 2.75) is 18.9 Å². The highest BCUT2D eigenvalue weighted by Crippen LogP contribution is 2.03. The van der Waals surface area contributed by atoms with Crippen LogP contribution in [-0.2, 0) is 4.79 Å². The summed E-state index contributed by atoms with van der Waals surface area (Å²) < 4.78 is 0. The minimum atomic E-state index is -0.0115. The molecule has 18 heavy (non-hydrogen) atoms. The monoisotopic (exact) mass is 266 g/mol. The quantitative estimate of drug-likeness (QED) is 0.822. The van der Waals surface area contributed by atoms with Crippen molar-refractivity contribution in [1.82, 2.24) is 10.6 Å². The van der Waals surface area contributed by atoms with Gasteiger partial charge in [-0.1, -0.05) is 30.3 Å². The molecule has 98 valence electrons. The molecule has 1 aliphatic heterocycles. The van der Waals surface area contributed by atoms with E-state index in [0.717, 1.165) is 31.5 Å². The maximum atomic E-state index is 11.7. The highest BCUT2D eigenvalue weighted by atomic mass is 35.5. The predicted molar refractivity (Wildman–Crippen MR) is 76.8 cm³/mol. The van der Waals surface area contributed by atoms with Crippen LogP contribution in [0, 0.1) is 0 Å². The van der Waals surface area contributed by atoms with E-state index in [0.29, 0.717) is 0 Å². The molecule has 2 N–H and O–H groups in total. The first-order valence-electron chi connectivity index (χ1n) is 6.09. The third-order valence-electron chi connectivity index (χ3n) is 2.87. The van der Waals surface area contributed by atoms with Gasteiger partial charge in [0.15, 0.2) is 0 Å². The first kappa shape index (κ1) is 14.7. The zero-order valence-corrected chi connectivity index (χ0v) is 11.1. The lowest BCUT2D eigenvalue weighted by molar-refractivity contribution is -0.117. The Morgan fingerprint density at radius 2 is 2.11 bits per heavy atom. The Morgan fingerprint density at radius 1 is 1.33 bits per heavy atom. The van der Waals surface area contributed by atoms with E-state index < -0.39 is 0 Å². The zero-order chi connectivity index (χ0) is 11.9. The lowest BCUT2D eigenvalue weighted by atomic mass is 10.1. The third kappa shape index (κ3) is 4.90. The Bertz CT molecular complexity index is 386. The van der Waals surface area contributed by atoms with Gasteiger partial charge >= 0.3 is 0 Å². The van der Waals surface area contributed by atoms with Crippen molar-refractivity contribution in [1.29, 1.82) is 0 Å². The number of rotatable bonds is 3. The van der Waals surface area contributed by atoms with Gasteiger partial charge in [0.25, 0.3) is 0 Å². The Balaban J connectivity index is 0.00000162. The van der Waals surface area contributed by atoms with Gasteiger partial charge in [0, 0.05) is 18.7 Å². The second kappa shape index (κ2) is 7.90. The van der Waals surface area contributed by atoms with E-state index in [1.807, 2.05) is 36.4 Å². The molecule has 1 atom stereocenters. The molecule has 2 rings (SSSR count). The van der Waals surface area contributed by atoms with E-state index >= 15 is 0 Å². The summed E-state index contributed by atoms with van der Waals surface area (Å²) in [6, 6.07) is 10.1. The van der Waals surface area contributed by atoms with Crippen molar-refractivity contribution in [2.75, 3.05) is 13.1 Å². The number of nitrogens with one attached hydrogen (secondary N) is 2.